The van der Waals surface area contributed by atoms with Crippen molar-refractivity contribution in [2.45, 2.75) is 19.3 Å². The van der Waals surface area contributed by atoms with Crippen molar-refractivity contribution in [3.8, 4) is 0 Å². The predicted molar refractivity (Wildman–Crippen MR) is 90.7 cm³/mol. The van der Waals surface area contributed by atoms with E-state index < -0.39 is 0 Å². The molecule has 0 aromatic heterocycles. The highest BCUT2D eigenvalue weighted by Gasteiger charge is 2.01. The number of amides is 1. The van der Waals surface area contributed by atoms with Crippen LogP contribution in [0.2, 0.25) is 0 Å². The molecule has 0 spiro atoms. The molecule has 0 atom stereocenters. The SMILES string of the molecule is O=C(CCNCCc1ccc(F)cc1)NCCc1ccc(F)cc1. The van der Waals surface area contributed by atoms with E-state index >= 15 is 0 Å². The Morgan fingerprint density at radius 1 is 0.750 bits per heavy atom. The van der Waals surface area contributed by atoms with Crippen molar-refractivity contribution in [1.29, 1.82) is 0 Å². The highest BCUT2D eigenvalue weighted by Crippen LogP contribution is 2.03. The Kier molecular flexibility index (Phi) is 7.36. The molecule has 3 nitrogen and oxygen atoms in total. The summed E-state index contributed by atoms with van der Waals surface area (Å²) in [7, 11) is 0. The number of rotatable bonds is 9. The van der Waals surface area contributed by atoms with Gasteiger partial charge in [-0.15, -0.1) is 0 Å². The number of nitrogens with one attached hydrogen (secondary N) is 2. The summed E-state index contributed by atoms with van der Waals surface area (Å²) in [6, 6.07) is 12.7. The van der Waals surface area contributed by atoms with E-state index in [9.17, 15) is 13.6 Å². The number of carbonyl (C=O) groups excluding carboxylic acids is 1. The topological polar surface area (TPSA) is 41.1 Å². The molecule has 0 fully saturated rings. The molecule has 0 unspecified atom stereocenters. The zero-order chi connectivity index (χ0) is 17.2. The van der Waals surface area contributed by atoms with Gasteiger partial charge in [-0.2, -0.15) is 0 Å². The van der Waals surface area contributed by atoms with Crippen LogP contribution in [0, 0.1) is 11.6 Å². The van der Waals surface area contributed by atoms with Gasteiger partial charge in [0.2, 0.25) is 5.91 Å². The van der Waals surface area contributed by atoms with Crippen molar-refractivity contribution in [3.63, 3.8) is 0 Å². The molecular weight excluding hydrogens is 310 g/mol. The number of hydrogen-bond acceptors (Lipinski definition) is 2. The minimum Gasteiger partial charge on any atom is -0.356 e. The molecule has 0 bridgehead atoms. The third-order valence-electron chi connectivity index (χ3n) is 3.68. The Labute approximate surface area is 141 Å². The summed E-state index contributed by atoms with van der Waals surface area (Å²) in [6.45, 7) is 1.89. The van der Waals surface area contributed by atoms with Crippen molar-refractivity contribution < 1.29 is 13.6 Å². The lowest BCUT2D eigenvalue weighted by molar-refractivity contribution is -0.120. The summed E-state index contributed by atoms with van der Waals surface area (Å²) in [6.07, 6.45) is 1.89. The van der Waals surface area contributed by atoms with Crippen molar-refractivity contribution in [3.05, 3.63) is 71.3 Å². The molecule has 0 aliphatic carbocycles. The van der Waals surface area contributed by atoms with Crippen molar-refractivity contribution in [2.24, 2.45) is 0 Å². The summed E-state index contributed by atoms with van der Waals surface area (Å²) in [5, 5.41) is 6.04. The van der Waals surface area contributed by atoms with Crippen LogP contribution in [0.5, 0.6) is 0 Å². The van der Waals surface area contributed by atoms with Crippen LogP contribution < -0.4 is 10.6 Å². The Balaban J connectivity index is 1.51. The summed E-state index contributed by atoms with van der Waals surface area (Å²) in [5.74, 6) is -0.495. The van der Waals surface area contributed by atoms with E-state index in [1.807, 2.05) is 0 Å². The molecule has 0 saturated heterocycles. The molecule has 2 aromatic carbocycles. The highest BCUT2D eigenvalue weighted by molar-refractivity contribution is 5.76. The predicted octanol–water partition coefficient (Wildman–Crippen LogP) is 2.85. The van der Waals surface area contributed by atoms with Gasteiger partial charge in [-0.25, -0.2) is 8.78 Å². The van der Waals surface area contributed by atoms with Crippen molar-refractivity contribution >= 4 is 5.91 Å². The van der Waals surface area contributed by atoms with E-state index in [1.54, 1.807) is 24.3 Å². The number of hydrogen-bond donors (Lipinski definition) is 2. The second kappa shape index (κ2) is 9.78. The fourth-order valence-electron chi connectivity index (χ4n) is 2.30. The maximum Gasteiger partial charge on any atom is 0.221 e. The first kappa shape index (κ1) is 18.1. The van der Waals surface area contributed by atoms with Gasteiger partial charge in [0, 0.05) is 19.5 Å². The maximum atomic E-state index is 12.8. The minimum atomic E-state index is -0.255. The van der Waals surface area contributed by atoms with Crippen LogP contribution in [0.4, 0.5) is 8.78 Å². The van der Waals surface area contributed by atoms with Gasteiger partial charge >= 0.3 is 0 Å². The second-order valence-electron chi connectivity index (χ2n) is 5.60. The first-order valence-corrected chi connectivity index (χ1v) is 8.10. The van der Waals surface area contributed by atoms with E-state index in [0.717, 1.165) is 24.1 Å². The maximum absolute atomic E-state index is 12.8. The van der Waals surface area contributed by atoms with E-state index in [4.69, 9.17) is 0 Å². The smallest absolute Gasteiger partial charge is 0.221 e. The van der Waals surface area contributed by atoms with Crippen LogP contribution in [0.15, 0.2) is 48.5 Å². The summed E-state index contributed by atoms with van der Waals surface area (Å²) < 4.78 is 25.5. The van der Waals surface area contributed by atoms with Gasteiger partial charge in [-0.1, -0.05) is 24.3 Å². The van der Waals surface area contributed by atoms with Gasteiger partial charge in [0.15, 0.2) is 0 Å². The largest absolute Gasteiger partial charge is 0.356 e. The van der Waals surface area contributed by atoms with Gasteiger partial charge in [-0.3, -0.25) is 4.79 Å². The monoisotopic (exact) mass is 332 g/mol. The third kappa shape index (κ3) is 6.87. The van der Waals surface area contributed by atoms with Gasteiger partial charge in [-0.05, 0) is 54.8 Å². The molecule has 2 N–H and O–H groups in total. The normalized spacial score (nSPS) is 10.6. The minimum absolute atomic E-state index is 0.00797. The summed E-state index contributed by atoms with van der Waals surface area (Å²) >= 11 is 0. The zero-order valence-electron chi connectivity index (χ0n) is 13.5. The van der Waals surface area contributed by atoms with Crippen LogP contribution in [-0.2, 0) is 17.6 Å². The lowest BCUT2D eigenvalue weighted by Gasteiger charge is -2.07. The Morgan fingerprint density at radius 2 is 1.25 bits per heavy atom. The molecule has 2 aromatic rings. The van der Waals surface area contributed by atoms with Crippen LogP contribution in [0.1, 0.15) is 17.5 Å². The average Bonchev–Trinajstić information content (AvgIpc) is 2.58. The fraction of sp³-hybridized carbons (Fsp3) is 0.316. The third-order valence-corrected chi connectivity index (χ3v) is 3.68. The molecule has 5 heteroatoms. The van der Waals surface area contributed by atoms with Gasteiger partial charge in [0.1, 0.15) is 11.6 Å². The number of benzene rings is 2. The first-order chi connectivity index (χ1) is 11.6. The molecular formula is C19H22F2N2O. The zero-order valence-corrected chi connectivity index (χ0v) is 13.5. The van der Waals surface area contributed by atoms with E-state index in [-0.39, 0.29) is 17.5 Å². The van der Waals surface area contributed by atoms with Crippen molar-refractivity contribution in [2.75, 3.05) is 19.6 Å². The molecule has 0 radical (unpaired) electrons. The van der Waals surface area contributed by atoms with Crippen LogP contribution in [0.25, 0.3) is 0 Å². The van der Waals surface area contributed by atoms with Gasteiger partial charge < -0.3 is 10.6 Å². The molecule has 128 valence electrons. The van der Waals surface area contributed by atoms with Crippen LogP contribution >= 0.6 is 0 Å². The lowest BCUT2D eigenvalue weighted by Crippen LogP contribution is -2.29. The Bertz CT molecular complexity index is 627. The van der Waals surface area contributed by atoms with Gasteiger partial charge in [0.05, 0.1) is 0 Å². The van der Waals surface area contributed by atoms with E-state index in [0.29, 0.717) is 25.9 Å². The summed E-state index contributed by atoms with van der Waals surface area (Å²) in [4.78, 5) is 11.7. The van der Waals surface area contributed by atoms with E-state index in [1.165, 1.54) is 24.3 Å². The van der Waals surface area contributed by atoms with E-state index in [2.05, 4.69) is 10.6 Å². The van der Waals surface area contributed by atoms with Crippen LogP contribution in [0.3, 0.4) is 0 Å². The lowest BCUT2D eigenvalue weighted by atomic mass is 10.1. The second-order valence-corrected chi connectivity index (χ2v) is 5.60. The molecule has 24 heavy (non-hydrogen) atoms. The number of carbonyl (C=O) groups is 1. The first-order valence-electron chi connectivity index (χ1n) is 8.10. The van der Waals surface area contributed by atoms with Crippen LogP contribution in [-0.4, -0.2) is 25.5 Å². The molecule has 0 aliphatic rings. The average molecular weight is 332 g/mol. The Morgan fingerprint density at radius 3 is 1.79 bits per heavy atom. The van der Waals surface area contributed by atoms with Crippen molar-refractivity contribution in [1.82, 2.24) is 10.6 Å². The standard InChI is InChI=1S/C19H22F2N2O/c20-17-5-1-15(2-6-17)9-12-22-13-11-19(24)23-14-10-16-3-7-18(21)8-4-16/h1-8,22H,9-14H2,(H,23,24). The molecule has 0 heterocycles. The molecule has 0 saturated carbocycles. The highest BCUT2D eigenvalue weighted by atomic mass is 19.1. The molecule has 1 amide bonds. The fourth-order valence-corrected chi connectivity index (χ4v) is 2.30. The number of halogens is 2. The van der Waals surface area contributed by atoms with Gasteiger partial charge in [0.25, 0.3) is 0 Å². The Hall–Kier alpha value is -2.27. The quantitative estimate of drug-likeness (QED) is 0.693. The summed E-state index contributed by atoms with van der Waals surface area (Å²) in [5.41, 5.74) is 2.06. The molecule has 0 aliphatic heterocycles. The molecule has 2 rings (SSSR count).